The number of amides is 1. The van der Waals surface area contributed by atoms with Gasteiger partial charge >= 0.3 is 0 Å². The highest BCUT2D eigenvalue weighted by Crippen LogP contribution is 2.53. The van der Waals surface area contributed by atoms with E-state index in [1.807, 2.05) is 0 Å². The van der Waals surface area contributed by atoms with Crippen LogP contribution in [0.4, 0.5) is 0 Å². The quantitative estimate of drug-likeness (QED) is 0.286. The fourth-order valence-corrected chi connectivity index (χ4v) is 6.06. The maximum atomic E-state index is 13.8. The highest BCUT2D eigenvalue weighted by molar-refractivity contribution is 6.28. The molecule has 11 nitrogen and oxygen atoms in total. The average molecular weight is 527 g/mol. The van der Waals surface area contributed by atoms with Gasteiger partial charge in [0.15, 0.2) is 11.4 Å². The van der Waals surface area contributed by atoms with Gasteiger partial charge in [-0.1, -0.05) is 6.07 Å². The monoisotopic (exact) mass is 526 g/mol. The molecule has 6 N–H and O–H groups in total. The molecular weight excluding hydrogens is 504 g/mol. The number of carbonyl (C=O) groups is 3. The number of nitrogens with two attached hydrogens (primary N) is 1. The number of primary amides is 1. The smallest absolute Gasteiger partial charge is 0.255 e. The lowest BCUT2D eigenvalue weighted by Crippen LogP contribution is -2.65. The Balaban J connectivity index is 1.74. The van der Waals surface area contributed by atoms with Crippen molar-refractivity contribution in [1.82, 2.24) is 14.9 Å². The molecule has 0 unspecified atom stereocenters. The van der Waals surface area contributed by atoms with Crippen LogP contribution in [0.3, 0.4) is 0 Å². The number of nitrogens with zero attached hydrogens (tertiary/aromatic N) is 3. The van der Waals surface area contributed by atoms with Crippen LogP contribution in [-0.4, -0.2) is 78.5 Å². The van der Waals surface area contributed by atoms with E-state index in [4.69, 9.17) is 17.3 Å². The van der Waals surface area contributed by atoms with Crippen molar-refractivity contribution in [3.05, 3.63) is 57.8 Å². The minimum atomic E-state index is -2.68. The Morgan fingerprint density at radius 1 is 1.16 bits per heavy atom. The first kappa shape index (κ1) is 24.9. The first-order chi connectivity index (χ1) is 17.4. The lowest BCUT2D eigenvalue weighted by molar-refractivity contribution is -0.153. The van der Waals surface area contributed by atoms with Gasteiger partial charge in [-0.3, -0.25) is 19.3 Å². The Hall–Kier alpha value is -3.80. The number of Topliss-reactive ketones (excluding diaryl/α,β-unsaturated/α-hetero) is 2. The van der Waals surface area contributed by atoms with Crippen LogP contribution in [0.2, 0.25) is 5.28 Å². The molecule has 12 heteroatoms. The molecule has 3 aliphatic rings. The van der Waals surface area contributed by atoms with E-state index in [9.17, 15) is 34.8 Å². The fraction of sp³-hybridized carbons (Fsp3) is 0.320. The number of phenols is 1. The molecule has 0 spiro atoms. The minimum absolute atomic E-state index is 0.00201. The van der Waals surface area contributed by atoms with E-state index in [1.165, 1.54) is 23.4 Å². The first-order valence-electron chi connectivity index (χ1n) is 11.4. The largest absolute Gasteiger partial charge is 0.508 e. The Bertz CT molecular complexity index is 1450. The van der Waals surface area contributed by atoms with Gasteiger partial charge < -0.3 is 26.2 Å². The topological polar surface area (TPSA) is 187 Å². The molecule has 2 aromatic rings. The number of halogens is 1. The van der Waals surface area contributed by atoms with Crippen molar-refractivity contribution in [2.75, 3.05) is 14.1 Å². The summed E-state index contributed by atoms with van der Waals surface area (Å²) in [5.74, 6) is -6.97. The van der Waals surface area contributed by atoms with Gasteiger partial charge in [0.2, 0.25) is 11.1 Å². The molecule has 4 atom stereocenters. The van der Waals surface area contributed by atoms with Crippen molar-refractivity contribution in [1.29, 1.82) is 0 Å². The van der Waals surface area contributed by atoms with Gasteiger partial charge in [-0.05, 0) is 61.6 Å². The van der Waals surface area contributed by atoms with Gasteiger partial charge in [0, 0.05) is 29.4 Å². The van der Waals surface area contributed by atoms with Gasteiger partial charge in [0.1, 0.15) is 22.8 Å². The SMILES string of the molecule is CN(C)[C@@H]1C(=O)C(C(N)=O)=C(O)[C@@]2(O)C(=O)C3=C(O)c4c(O)ccc(-c5cnc(Cl)nc5)c4C[C@H]3C[C@@H]12. The zero-order chi connectivity index (χ0) is 27.0. The number of benzene rings is 1. The maximum Gasteiger partial charge on any atom is 0.255 e. The number of aromatic nitrogens is 2. The molecule has 1 amide bonds. The fourth-order valence-electron chi connectivity index (χ4n) is 5.97. The molecular formula is C25H23ClN4O7. The average Bonchev–Trinajstić information content (AvgIpc) is 2.82. The van der Waals surface area contributed by atoms with Crippen LogP contribution in [0.25, 0.3) is 16.9 Å². The van der Waals surface area contributed by atoms with Crippen molar-refractivity contribution < 1.29 is 34.8 Å². The number of hydrogen-bond donors (Lipinski definition) is 5. The summed E-state index contributed by atoms with van der Waals surface area (Å²) in [6.07, 6.45) is 3.12. The molecule has 1 aromatic heterocycles. The van der Waals surface area contributed by atoms with E-state index >= 15 is 0 Å². The molecule has 0 bridgehead atoms. The molecule has 5 rings (SSSR count). The van der Waals surface area contributed by atoms with Crippen LogP contribution < -0.4 is 5.73 Å². The summed E-state index contributed by atoms with van der Waals surface area (Å²) in [6.45, 7) is 0. The van der Waals surface area contributed by atoms with E-state index in [0.29, 0.717) is 16.7 Å². The molecule has 0 radical (unpaired) electrons. The second-order valence-electron chi connectivity index (χ2n) is 9.69. The second-order valence-corrected chi connectivity index (χ2v) is 10.0. The lowest BCUT2D eigenvalue weighted by atomic mass is 9.57. The zero-order valence-electron chi connectivity index (χ0n) is 19.8. The summed E-state index contributed by atoms with van der Waals surface area (Å²) >= 11 is 5.81. The highest BCUT2D eigenvalue weighted by Gasteiger charge is 2.64. The second kappa shape index (κ2) is 8.37. The Morgan fingerprint density at radius 2 is 1.81 bits per heavy atom. The van der Waals surface area contributed by atoms with Crippen LogP contribution in [-0.2, 0) is 20.8 Å². The van der Waals surface area contributed by atoms with Crippen LogP contribution in [0.15, 0.2) is 41.4 Å². The van der Waals surface area contributed by atoms with Crippen LogP contribution in [0, 0.1) is 11.8 Å². The van der Waals surface area contributed by atoms with Crippen molar-refractivity contribution in [2.45, 2.75) is 24.5 Å². The minimum Gasteiger partial charge on any atom is -0.508 e. The number of aromatic hydroxyl groups is 1. The van der Waals surface area contributed by atoms with Crippen LogP contribution in [0.5, 0.6) is 5.75 Å². The van der Waals surface area contributed by atoms with Crippen molar-refractivity contribution in [3.8, 4) is 16.9 Å². The molecule has 1 heterocycles. The summed E-state index contributed by atoms with van der Waals surface area (Å²) in [4.78, 5) is 48.5. The number of ketones is 2. The Morgan fingerprint density at radius 3 is 2.41 bits per heavy atom. The lowest BCUT2D eigenvalue weighted by Gasteiger charge is -2.50. The number of aliphatic hydroxyl groups excluding tert-OH is 2. The number of fused-ring (bicyclic) bond motifs is 3. The first-order valence-corrected chi connectivity index (χ1v) is 11.7. The van der Waals surface area contributed by atoms with Gasteiger partial charge in [0.05, 0.1) is 11.6 Å². The van der Waals surface area contributed by atoms with Crippen molar-refractivity contribution in [3.63, 3.8) is 0 Å². The van der Waals surface area contributed by atoms with Crippen molar-refractivity contribution >= 4 is 34.8 Å². The molecule has 1 aromatic carbocycles. The summed E-state index contributed by atoms with van der Waals surface area (Å²) < 4.78 is 0. The van der Waals surface area contributed by atoms with Gasteiger partial charge in [-0.25, -0.2) is 9.97 Å². The molecule has 0 saturated heterocycles. The van der Waals surface area contributed by atoms with Crippen LogP contribution in [0.1, 0.15) is 17.5 Å². The summed E-state index contributed by atoms with van der Waals surface area (Å²) in [7, 11) is 3.09. The van der Waals surface area contributed by atoms with E-state index in [-0.39, 0.29) is 35.0 Å². The maximum absolute atomic E-state index is 13.8. The standard InChI is InChI=1S/C25H23ClN4O7/c1-30(2)18-13-6-9-5-12-11(10-7-28-24(26)29-8-10)3-4-14(31)16(12)19(32)15(9)21(34)25(13,37)22(35)17(20(18)33)23(27)36/h3-4,7-9,13,18,31-32,35,37H,5-6H2,1-2H3,(H2,27,36)/t9-,13-,18-,25-/m0/s1. The zero-order valence-corrected chi connectivity index (χ0v) is 20.5. The van der Waals surface area contributed by atoms with E-state index in [2.05, 4.69) is 9.97 Å². The summed E-state index contributed by atoms with van der Waals surface area (Å²) in [5, 5.41) is 44.5. The number of aliphatic hydroxyl groups is 3. The van der Waals surface area contributed by atoms with Gasteiger partial charge in [-0.15, -0.1) is 0 Å². The van der Waals surface area contributed by atoms with Gasteiger partial charge in [-0.2, -0.15) is 0 Å². The van der Waals surface area contributed by atoms with Crippen molar-refractivity contribution in [2.24, 2.45) is 17.6 Å². The van der Waals surface area contributed by atoms with Crippen LogP contribution >= 0.6 is 11.6 Å². The summed E-state index contributed by atoms with van der Waals surface area (Å²) in [6, 6.07) is 1.82. The van der Waals surface area contributed by atoms with Gasteiger partial charge in [0.25, 0.3) is 5.91 Å². The molecule has 1 fully saturated rings. The molecule has 0 aliphatic heterocycles. The predicted molar refractivity (Wildman–Crippen MR) is 130 cm³/mol. The number of hydrogen-bond acceptors (Lipinski definition) is 10. The Labute approximate surface area is 215 Å². The third-order valence-electron chi connectivity index (χ3n) is 7.54. The third kappa shape index (κ3) is 3.38. The number of rotatable bonds is 3. The molecule has 3 aliphatic carbocycles. The predicted octanol–water partition coefficient (Wildman–Crippen LogP) is 1.07. The van der Waals surface area contributed by atoms with E-state index in [1.54, 1.807) is 20.2 Å². The molecule has 37 heavy (non-hydrogen) atoms. The normalized spacial score (nSPS) is 27.2. The third-order valence-corrected chi connectivity index (χ3v) is 7.73. The summed E-state index contributed by atoms with van der Waals surface area (Å²) in [5.41, 5.74) is 3.23. The Kier molecular flexibility index (Phi) is 5.63. The molecule has 1 saturated carbocycles. The number of likely N-dealkylation sites (N-methyl/N-ethyl adjacent to an activating group) is 1. The highest BCUT2D eigenvalue weighted by atomic mass is 35.5. The number of carbonyl (C=O) groups excluding carboxylic acids is 3. The van der Waals surface area contributed by atoms with E-state index < -0.39 is 58.0 Å². The number of phenolic OH excluding ortho intramolecular Hbond substituents is 1. The van der Waals surface area contributed by atoms with E-state index in [0.717, 1.165) is 0 Å². The molecule has 192 valence electrons.